The van der Waals surface area contributed by atoms with Gasteiger partial charge in [0.2, 0.25) is 0 Å². The van der Waals surface area contributed by atoms with Crippen molar-refractivity contribution in [2.24, 2.45) is 5.41 Å². The van der Waals surface area contributed by atoms with Gasteiger partial charge in [0.1, 0.15) is 0 Å². The van der Waals surface area contributed by atoms with Crippen molar-refractivity contribution in [3.05, 3.63) is 5.32 Å². The molecule has 0 bridgehead atoms. The van der Waals surface area contributed by atoms with Gasteiger partial charge in [0.15, 0.2) is 0 Å². The van der Waals surface area contributed by atoms with Crippen LogP contribution in [0.2, 0.25) is 0 Å². The Morgan fingerprint density at radius 1 is 1.08 bits per heavy atom. The van der Waals surface area contributed by atoms with Gasteiger partial charge in [-0.05, 0) is 5.41 Å². The number of hydrogen-bond donors (Lipinski definition) is 0. The van der Waals surface area contributed by atoms with Gasteiger partial charge in [-0.25, -0.2) is 0 Å². The zero-order valence-corrected chi connectivity index (χ0v) is 11.7. The van der Waals surface area contributed by atoms with Gasteiger partial charge in [-0.2, -0.15) is 0 Å². The van der Waals surface area contributed by atoms with Crippen LogP contribution >= 0.6 is 0 Å². The third-order valence-corrected chi connectivity index (χ3v) is 3.12. The molecule has 0 radical (unpaired) electrons. The SMILES string of the molecule is CC1(C)CCC[N-]C1(C)C.[Br-].[Mg+2]. The van der Waals surface area contributed by atoms with E-state index in [4.69, 9.17) is 0 Å². The molecule has 0 N–H and O–H groups in total. The zero-order valence-electron chi connectivity index (χ0n) is 8.65. The van der Waals surface area contributed by atoms with Gasteiger partial charge < -0.3 is 22.3 Å². The smallest absolute Gasteiger partial charge is 1.00 e. The van der Waals surface area contributed by atoms with E-state index in [1.165, 1.54) is 12.8 Å². The van der Waals surface area contributed by atoms with Crippen molar-refractivity contribution in [3.8, 4) is 0 Å². The van der Waals surface area contributed by atoms with Crippen molar-refractivity contribution >= 4 is 23.1 Å². The van der Waals surface area contributed by atoms with Gasteiger partial charge in [0.05, 0.1) is 0 Å². The van der Waals surface area contributed by atoms with E-state index in [9.17, 15) is 0 Å². The summed E-state index contributed by atoms with van der Waals surface area (Å²) in [5.41, 5.74) is 0.608. The first-order chi connectivity index (χ1) is 4.46. The standard InChI is InChI=1S/C9H18N.BrH.Mg/c1-8(2)6-5-7-10-9(8,3)4;;/h5-7H2,1-4H3;1H;/q-1;;+2/p-1. The first-order valence-corrected chi connectivity index (χ1v) is 4.14. The molecule has 12 heavy (non-hydrogen) atoms. The third-order valence-electron chi connectivity index (χ3n) is 3.12. The van der Waals surface area contributed by atoms with Crippen molar-refractivity contribution in [3.63, 3.8) is 0 Å². The fourth-order valence-corrected chi connectivity index (χ4v) is 1.40. The molecule has 1 rings (SSSR count). The third kappa shape index (κ3) is 3.16. The number of rotatable bonds is 0. The molecule has 1 heterocycles. The van der Waals surface area contributed by atoms with E-state index in [0.29, 0.717) is 5.41 Å². The predicted octanol–water partition coefficient (Wildman–Crippen LogP) is -0.418. The Labute approximate surface area is 103 Å². The average Bonchev–Trinajstić information content (AvgIpc) is 1.77. The fraction of sp³-hybridized carbons (Fsp3) is 1.00. The minimum atomic E-state index is 0. The molecule has 1 aliphatic heterocycles. The van der Waals surface area contributed by atoms with Crippen molar-refractivity contribution < 1.29 is 17.0 Å². The zero-order chi connectivity index (χ0) is 7.83. The van der Waals surface area contributed by atoms with E-state index in [2.05, 4.69) is 33.0 Å². The first kappa shape index (κ1) is 15.7. The summed E-state index contributed by atoms with van der Waals surface area (Å²) in [6.45, 7) is 10.2. The van der Waals surface area contributed by atoms with Gasteiger partial charge in [0, 0.05) is 0 Å². The minimum Gasteiger partial charge on any atom is -1.00 e. The molecule has 0 aliphatic carbocycles. The molecule has 0 spiro atoms. The molecule has 1 saturated heterocycles. The largest absolute Gasteiger partial charge is 2.00 e. The molecule has 0 amide bonds. The van der Waals surface area contributed by atoms with Crippen LogP contribution in [0, 0.1) is 5.41 Å². The van der Waals surface area contributed by atoms with Crippen LogP contribution < -0.4 is 17.0 Å². The van der Waals surface area contributed by atoms with Crippen LogP contribution in [-0.2, 0) is 0 Å². The average molecular weight is 244 g/mol. The summed E-state index contributed by atoms with van der Waals surface area (Å²) in [6.07, 6.45) is 2.60. The predicted molar refractivity (Wildman–Crippen MR) is 51.1 cm³/mol. The second-order valence-corrected chi connectivity index (χ2v) is 4.43. The Kier molecular flexibility index (Phi) is 6.76. The Hall–Kier alpha value is 1.21. The molecule has 0 aromatic rings. The number of piperidine rings is 1. The van der Waals surface area contributed by atoms with Crippen molar-refractivity contribution in [2.45, 2.75) is 46.1 Å². The van der Waals surface area contributed by atoms with Crippen LogP contribution in [0.25, 0.3) is 5.32 Å². The van der Waals surface area contributed by atoms with E-state index >= 15 is 0 Å². The summed E-state index contributed by atoms with van der Waals surface area (Å²) in [7, 11) is 0. The van der Waals surface area contributed by atoms with Gasteiger partial charge >= 0.3 is 23.1 Å². The van der Waals surface area contributed by atoms with Crippen molar-refractivity contribution in [2.75, 3.05) is 6.54 Å². The van der Waals surface area contributed by atoms with E-state index < -0.39 is 0 Å². The second-order valence-electron chi connectivity index (χ2n) is 4.43. The molecule has 0 aromatic heterocycles. The fourth-order valence-electron chi connectivity index (χ4n) is 1.40. The topological polar surface area (TPSA) is 14.1 Å². The van der Waals surface area contributed by atoms with Crippen LogP contribution in [0.3, 0.4) is 0 Å². The Morgan fingerprint density at radius 2 is 1.58 bits per heavy atom. The van der Waals surface area contributed by atoms with Crippen molar-refractivity contribution in [1.82, 2.24) is 0 Å². The maximum Gasteiger partial charge on any atom is 2.00 e. The number of halogens is 1. The summed E-state index contributed by atoms with van der Waals surface area (Å²) in [6, 6.07) is 0. The number of nitrogens with zero attached hydrogens (tertiary/aromatic N) is 1. The molecular formula is C9H18BrMgN. The Morgan fingerprint density at radius 3 is 1.83 bits per heavy atom. The Bertz CT molecular complexity index is 118. The summed E-state index contributed by atoms with van der Waals surface area (Å²) < 4.78 is 0. The quantitative estimate of drug-likeness (QED) is 0.514. The summed E-state index contributed by atoms with van der Waals surface area (Å²) in [5, 5.41) is 4.61. The summed E-state index contributed by atoms with van der Waals surface area (Å²) in [4.78, 5) is 0. The van der Waals surface area contributed by atoms with Gasteiger partial charge in [0.25, 0.3) is 0 Å². The van der Waals surface area contributed by atoms with Gasteiger partial charge in [-0.1, -0.05) is 40.5 Å². The molecule has 0 saturated carbocycles. The van der Waals surface area contributed by atoms with Crippen LogP contribution in [0.1, 0.15) is 40.5 Å². The van der Waals surface area contributed by atoms with Crippen LogP contribution in [-0.4, -0.2) is 35.1 Å². The minimum absolute atomic E-state index is 0. The molecule has 1 nitrogen and oxygen atoms in total. The van der Waals surface area contributed by atoms with E-state index in [0.717, 1.165) is 6.54 Å². The van der Waals surface area contributed by atoms with Crippen molar-refractivity contribution in [1.29, 1.82) is 0 Å². The maximum absolute atomic E-state index is 4.61. The molecule has 1 aliphatic rings. The van der Waals surface area contributed by atoms with Gasteiger partial charge in [-0.3, -0.25) is 0 Å². The summed E-state index contributed by atoms with van der Waals surface area (Å²) in [5.74, 6) is 0. The molecule has 68 valence electrons. The van der Waals surface area contributed by atoms with Crippen LogP contribution in [0.15, 0.2) is 0 Å². The molecule has 3 heteroatoms. The second kappa shape index (κ2) is 5.18. The molecule has 0 unspecified atom stereocenters. The van der Waals surface area contributed by atoms with E-state index in [-0.39, 0.29) is 45.6 Å². The molecule has 1 fully saturated rings. The van der Waals surface area contributed by atoms with Crippen LogP contribution in [0.4, 0.5) is 0 Å². The molecule has 0 aromatic carbocycles. The molecule has 0 atom stereocenters. The van der Waals surface area contributed by atoms with Gasteiger partial charge in [-0.15, -0.1) is 12.1 Å². The number of hydrogen-bond acceptors (Lipinski definition) is 0. The maximum atomic E-state index is 4.61. The first-order valence-electron chi connectivity index (χ1n) is 4.14. The van der Waals surface area contributed by atoms with Crippen LogP contribution in [0.5, 0.6) is 0 Å². The summed E-state index contributed by atoms with van der Waals surface area (Å²) >= 11 is 0. The normalized spacial score (nSPS) is 25.0. The Balaban J connectivity index is 0. The van der Waals surface area contributed by atoms with E-state index in [1.807, 2.05) is 0 Å². The van der Waals surface area contributed by atoms with E-state index in [1.54, 1.807) is 0 Å². The molecular weight excluding hydrogens is 226 g/mol. The monoisotopic (exact) mass is 243 g/mol.